The first kappa shape index (κ1) is 14.8. The van der Waals surface area contributed by atoms with Crippen LogP contribution in [0.5, 0.6) is 0 Å². The van der Waals surface area contributed by atoms with E-state index in [2.05, 4.69) is 10.3 Å². The fraction of sp³-hybridized carbons (Fsp3) is 0.769. The summed E-state index contributed by atoms with van der Waals surface area (Å²) in [6, 6.07) is 0.295. The number of nitrogens with one attached hydrogen (secondary N) is 1. The van der Waals surface area contributed by atoms with Crippen LogP contribution in [0, 0.1) is 12.8 Å². The van der Waals surface area contributed by atoms with Gasteiger partial charge < -0.3 is 5.32 Å². The van der Waals surface area contributed by atoms with Gasteiger partial charge in [0.15, 0.2) is 0 Å². The van der Waals surface area contributed by atoms with Crippen LogP contribution in [-0.4, -0.2) is 17.2 Å². The minimum atomic E-state index is -4.02. The molecule has 1 aliphatic carbocycles. The molecule has 1 atom stereocenters. The molecule has 1 fully saturated rings. The van der Waals surface area contributed by atoms with Crippen LogP contribution in [0.1, 0.15) is 48.5 Å². The van der Waals surface area contributed by atoms with Gasteiger partial charge in [-0.15, -0.1) is 11.3 Å². The molecule has 0 bridgehead atoms. The van der Waals surface area contributed by atoms with Gasteiger partial charge in [-0.25, -0.2) is 4.98 Å². The summed E-state index contributed by atoms with van der Waals surface area (Å²) < 4.78 is 37.7. The molecule has 0 amide bonds. The van der Waals surface area contributed by atoms with Crippen LogP contribution in [0.2, 0.25) is 0 Å². The van der Waals surface area contributed by atoms with Gasteiger partial charge in [-0.1, -0.05) is 0 Å². The number of nitrogens with zero attached hydrogens (tertiary/aromatic N) is 1. The number of thiazole rings is 1. The quantitative estimate of drug-likeness (QED) is 0.902. The summed E-state index contributed by atoms with van der Waals surface area (Å²) in [5, 5.41) is 4.41. The molecule has 1 aromatic rings. The number of aromatic nitrogens is 1. The molecular weight excluding hydrogens is 273 g/mol. The van der Waals surface area contributed by atoms with Gasteiger partial charge in [-0.05, 0) is 39.5 Å². The molecule has 1 aliphatic rings. The normalized spacial score (nSPS) is 26.4. The molecule has 1 aromatic heterocycles. The lowest BCUT2D eigenvalue weighted by Gasteiger charge is -2.31. The van der Waals surface area contributed by atoms with Gasteiger partial charge in [0.25, 0.3) is 0 Å². The summed E-state index contributed by atoms with van der Waals surface area (Å²) in [5.41, 5.74) is 0. The Kier molecular flexibility index (Phi) is 4.50. The minimum absolute atomic E-state index is 0.117. The highest BCUT2D eigenvalue weighted by atomic mass is 32.1. The fourth-order valence-corrected chi connectivity index (χ4v) is 3.37. The van der Waals surface area contributed by atoms with Crippen LogP contribution in [-0.2, 0) is 0 Å². The first-order valence-corrected chi connectivity index (χ1v) is 7.43. The molecule has 1 N–H and O–H groups in total. The van der Waals surface area contributed by atoms with Gasteiger partial charge in [-0.3, -0.25) is 0 Å². The zero-order valence-electron chi connectivity index (χ0n) is 11.1. The highest BCUT2D eigenvalue weighted by Gasteiger charge is 2.41. The first-order chi connectivity index (χ1) is 8.86. The first-order valence-electron chi connectivity index (χ1n) is 6.61. The van der Waals surface area contributed by atoms with Crippen molar-refractivity contribution in [2.75, 3.05) is 0 Å². The molecule has 2 nitrogen and oxygen atoms in total. The van der Waals surface area contributed by atoms with Gasteiger partial charge in [0.05, 0.1) is 12.0 Å². The maximum Gasteiger partial charge on any atom is 0.391 e. The third-order valence-electron chi connectivity index (χ3n) is 3.69. The highest BCUT2D eigenvalue weighted by molar-refractivity contribution is 7.11. The number of hydrogen-bond acceptors (Lipinski definition) is 3. The lowest BCUT2D eigenvalue weighted by molar-refractivity contribution is -0.182. The van der Waals surface area contributed by atoms with Gasteiger partial charge in [0, 0.05) is 17.1 Å². The Balaban J connectivity index is 1.82. The monoisotopic (exact) mass is 292 g/mol. The number of alkyl halides is 3. The maximum absolute atomic E-state index is 12.6. The summed E-state index contributed by atoms with van der Waals surface area (Å²) in [6.07, 6.45) is -0.519. The third kappa shape index (κ3) is 3.92. The second-order valence-corrected chi connectivity index (χ2v) is 6.55. The predicted molar refractivity (Wildman–Crippen MR) is 70.2 cm³/mol. The van der Waals surface area contributed by atoms with Gasteiger partial charge in [0.1, 0.15) is 5.01 Å². The number of halogens is 3. The van der Waals surface area contributed by atoms with Crippen molar-refractivity contribution in [2.45, 2.75) is 57.8 Å². The van der Waals surface area contributed by atoms with Crippen molar-refractivity contribution < 1.29 is 13.2 Å². The Bertz CT molecular complexity index is 408. The summed E-state index contributed by atoms with van der Waals surface area (Å²) in [5.74, 6) is -1.11. The Labute approximate surface area is 115 Å². The lowest BCUT2D eigenvalue weighted by atomic mass is 9.85. The van der Waals surface area contributed by atoms with Crippen molar-refractivity contribution in [3.05, 3.63) is 16.1 Å². The van der Waals surface area contributed by atoms with Gasteiger partial charge in [-0.2, -0.15) is 13.2 Å². The molecule has 0 spiro atoms. The van der Waals surface area contributed by atoms with Crippen molar-refractivity contribution in [3.8, 4) is 0 Å². The summed E-state index contributed by atoms with van der Waals surface area (Å²) in [4.78, 5) is 5.47. The number of rotatable bonds is 3. The third-order valence-corrected chi connectivity index (χ3v) is 4.78. The van der Waals surface area contributed by atoms with Crippen molar-refractivity contribution >= 4 is 11.3 Å². The second kappa shape index (κ2) is 5.79. The molecule has 0 aliphatic heterocycles. The maximum atomic E-state index is 12.6. The SMILES string of the molecule is Cc1cnc(C(C)NC2CCC(C(F)(F)F)CC2)s1. The number of aryl methyl sites for hydroxylation is 1. The standard InChI is InChI=1S/C13H19F3N2S/c1-8-7-17-12(19-8)9(2)18-11-5-3-10(4-6-11)13(14,15)16/h7,9-11,18H,3-6H2,1-2H3. The van der Waals surface area contributed by atoms with E-state index in [1.165, 1.54) is 0 Å². The zero-order chi connectivity index (χ0) is 14.0. The van der Waals surface area contributed by atoms with Crippen LogP contribution in [0.4, 0.5) is 13.2 Å². The smallest absolute Gasteiger partial charge is 0.305 e. The second-order valence-electron chi connectivity index (χ2n) is 5.29. The molecule has 108 valence electrons. The minimum Gasteiger partial charge on any atom is -0.305 e. The molecular formula is C13H19F3N2S. The van der Waals surface area contributed by atoms with E-state index in [4.69, 9.17) is 0 Å². The van der Waals surface area contributed by atoms with Crippen molar-refractivity contribution in [1.29, 1.82) is 0 Å². The molecule has 0 aromatic carbocycles. The molecule has 1 heterocycles. The van der Waals surface area contributed by atoms with Crippen molar-refractivity contribution in [1.82, 2.24) is 10.3 Å². The average Bonchev–Trinajstić information content (AvgIpc) is 2.75. The largest absolute Gasteiger partial charge is 0.391 e. The van der Waals surface area contributed by atoms with E-state index in [0.29, 0.717) is 12.8 Å². The Hall–Kier alpha value is -0.620. The average molecular weight is 292 g/mol. The number of hydrogen-bond donors (Lipinski definition) is 1. The van der Waals surface area contributed by atoms with Crippen LogP contribution in [0.3, 0.4) is 0 Å². The summed E-state index contributed by atoms with van der Waals surface area (Å²) in [6.45, 7) is 4.02. The van der Waals surface area contributed by atoms with Crippen LogP contribution in [0.25, 0.3) is 0 Å². The molecule has 6 heteroatoms. The highest BCUT2D eigenvalue weighted by Crippen LogP contribution is 2.38. The Morgan fingerprint density at radius 2 is 1.95 bits per heavy atom. The van der Waals surface area contributed by atoms with E-state index >= 15 is 0 Å². The molecule has 1 saturated carbocycles. The molecule has 2 rings (SSSR count). The van der Waals surface area contributed by atoms with E-state index < -0.39 is 12.1 Å². The lowest BCUT2D eigenvalue weighted by Crippen LogP contribution is -2.38. The van der Waals surface area contributed by atoms with Gasteiger partial charge in [0.2, 0.25) is 0 Å². The van der Waals surface area contributed by atoms with E-state index in [1.54, 1.807) is 11.3 Å². The fourth-order valence-electron chi connectivity index (χ4n) is 2.58. The molecule has 0 saturated heterocycles. The topological polar surface area (TPSA) is 24.9 Å². The predicted octanol–water partition coefficient (Wildman–Crippen LogP) is 4.22. The van der Waals surface area contributed by atoms with E-state index in [9.17, 15) is 13.2 Å². The molecule has 19 heavy (non-hydrogen) atoms. The van der Waals surface area contributed by atoms with Crippen LogP contribution in [0.15, 0.2) is 6.20 Å². The molecule has 1 unspecified atom stereocenters. The molecule has 0 radical (unpaired) electrons. The van der Waals surface area contributed by atoms with Crippen LogP contribution < -0.4 is 5.32 Å². The zero-order valence-corrected chi connectivity index (χ0v) is 11.9. The van der Waals surface area contributed by atoms with Crippen molar-refractivity contribution in [2.24, 2.45) is 5.92 Å². The van der Waals surface area contributed by atoms with E-state index in [0.717, 1.165) is 9.88 Å². The van der Waals surface area contributed by atoms with E-state index in [-0.39, 0.29) is 24.9 Å². The van der Waals surface area contributed by atoms with Crippen molar-refractivity contribution in [3.63, 3.8) is 0 Å². The van der Waals surface area contributed by atoms with E-state index in [1.807, 2.05) is 20.0 Å². The van der Waals surface area contributed by atoms with Crippen LogP contribution >= 0.6 is 11.3 Å². The Morgan fingerprint density at radius 3 is 2.42 bits per heavy atom. The summed E-state index contributed by atoms with van der Waals surface area (Å²) in [7, 11) is 0. The summed E-state index contributed by atoms with van der Waals surface area (Å²) >= 11 is 1.64. The Morgan fingerprint density at radius 1 is 1.32 bits per heavy atom. The van der Waals surface area contributed by atoms with Gasteiger partial charge >= 0.3 is 6.18 Å².